The summed E-state index contributed by atoms with van der Waals surface area (Å²) in [5.74, 6) is 0.182. The number of benzene rings is 1. The summed E-state index contributed by atoms with van der Waals surface area (Å²) >= 11 is 0. The largest absolute Gasteiger partial charge is 0.341 e. The number of rotatable bonds is 3. The fourth-order valence-corrected chi connectivity index (χ4v) is 2.49. The molecule has 0 saturated carbocycles. The van der Waals surface area contributed by atoms with Crippen LogP contribution in [0, 0.1) is 16.7 Å². The molecule has 1 heterocycles. The molecular weight excluding hydrogens is 238 g/mol. The third kappa shape index (κ3) is 2.94. The quantitative estimate of drug-likeness (QED) is 0.893. The van der Waals surface area contributed by atoms with Gasteiger partial charge in [0.05, 0.1) is 17.0 Å². The van der Waals surface area contributed by atoms with Gasteiger partial charge in [0.2, 0.25) is 5.91 Å². The molecule has 0 spiro atoms. The number of hydrogen-bond donors (Lipinski definition) is 1. The van der Waals surface area contributed by atoms with E-state index in [1.54, 1.807) is 17.0 Å². The van der Waals surface area contributed by atoms with E-state index in [0.717, 1.165) is 25.1 Å². The van der Waals surface area contributed by atoms with E-state index in [9.17, 15) is 4.79 Å². The van der Waals surface area contributed by atoms with Crippen LogP contribution in [0.2, 0.25) is 0 Å². The molecular formula is C15H19N3O. The zero-order valence-electron chi connectivity index (χ0n) is 11.4. The van der Waals surface area contributed by atoms with E-state index in [1.165, 1.54) is 0 Å². The third-order valence-electron chi connectivity index (χ3n) is 3.73. The van der Waals surface area contributed by atoms with E-state index < -0.39 is 0 Å². The summed E-state index contributed by atoms with van der Waals surface area (Å²) in [6.45, 7) is 4.27. The lowest BCUT2D eigenvalue weighted by Crippen LogP contribution is -2.41. The highest BCUT2D eigenvalue weighted by Gasteiger charge is 2.38. The van der Waals surface area contributed by atoms with Gasteiger partial charge in [-0.05, 0) is 37.6 Å². The lowest BCUT2D eigenvalue weighted by atomic mass is 9.88. The molecule has 1 aromatic carbocycles. The van der Waals surface area contributed by atoms with Crippen molar-refractivity contribution in [1.82, 2.24) is 10.2 Å². The van der Waals surface area contributed by atoms with Crippen LogP contribution in [0.15, 0.2) is 24.3 Å². The van der Waals surface area contributed by atoms with E-state index in [4.69, 9.17) is 5.26 Å². The van der Waals surface area contributed by atoms with Crippen LogP contribution >= 0.6 is 0 Å². The number of amides is 1. The molecule has 1 aliphatic heterocycles. The first-order valence-corrected chi connectivity index (χ1v) is 6.50. The van der Waals surface area contributed by atoms with Crippen molar-refractivity contribution in [2.45, 2.75) is 19.9 Å². The number of nitrogens with one attached hydrogen (secondary N) is 1. The molecule has 0 aromatic heterocycles. The van der Waals surface area contributed by atoms with E-state index in [-0.39, 0.29) is 11.3 Å². The summed E-state index contributed by atoms with van der Waals surface area (Å²) in [7, 11) is 1.84. The smallest absolute Gasteiger partial charge is 0.229 e. The second-order valence-corrected chi connectivity index (χ2v) is 5.46. The van der Waals surface area contributed by atoms with Crippen molar-refractivity contribution in [1.29, 1.82) is 5.26 Å². The monoisotopic (exact) mass is 257 g/mol. The molecule has 1 saturated heterocycles. The number of nitrogens with zero attached hydrogens (tertiary/aromatic N) is 2. The van der Waals surface area contributed by atoms with Gasteiger partial charge in [-0.15, -0.1) is 0 Å². The minimum absolute atomic E-state index is 0.182. The second kappa shape index (κ2) is 5.41. The molecule has 4 heteroatoms. The van der Waals surface area contributed by atoms with E-state index in [1.807, 2.05) is 26.1 Å². The Balaban J connectivity index is 2.02. The lowest BCUT2D eigenvalue weighted by Gasteiger charge is -2.28. The minimum atomic E-state index is -0.276. The Hall–Kier alpha value is -1.86. The van der Waals surface area contributed by atoms with Gasteiger partial charge in [-0.1, -0.05) is 12.1 Å². The first-order chi connectivity index (χ1) is 9.05. The number of nitriles is 1. The van der Waals surface area contributed by atoms with Crippen molar-refractivity contribution in [2.75, 3.05) is 20.1 Å². The van der Waals surface area contributed by atoms with Crippen molar-refractivity contribution in [3.63, 3.8) is 0 Å². The van der Waals surface area contributed by atoms with Crippen LogP contribution in [0.5, 0.6) is 0 Å². The zero-order valence-corrected chi connectivity index (χ0v) is 11.4. The highest BCUT2D eigenvalue weighted by atomic mass is 16.2. The van der Waals surface area contributed by atoms with E-state index in [2.05, 4.69) is 11.4 Å². The second-order valence-electron chi connectivity index (χ2n) is 5.46. The van der Waals surface area contributed by atoms with Gasteiger partial charge in [0.1, 0.15) is 0 Å². The maximum Gasteiger partial charge on any atom is 0.229 e. The van der Waals surface area contributed by atoms with Crippen molar-refractivity contribution in [2.24, 2.45) is 5.41 Å². The summed E-state index contributed by atoms with van der Waals surface area (Å²) in [6, 6.07) is 9.46. The molecule has 0 radical (unpaired) electrons. The first kappa shape index (κ1) is 13.6. The van der Waals surface area contributed by atoms with Crippen molar-refractivity contribution in [3.05, 3.63) is 35.4 Å². The highest BCUT2D eigenvalue weighted by Crippen LogP contribution is 2.27. The molecule has 1 aromatic rings. The molecule has 1 fully saturated rings. The van der Waals surface area contributed by atoms with Crippen LogP contribution in [0.4, 0.5) is 0 Å². The van der Waals surface area contributed by atoms with Crippen LogP contribution in [0.1, 0.15) is 24.5 Å². The molecule has 1 unspecified atom stereocenters. The summed E-state index contributed by atoms with van der Waals surface area (Å²) < 4.78 is 0. The van der Waals surface area contributed by atoms with E-state index >= 15 is 0 Å². The molecule has 1 amide bonds. The molecule has 1 aliphatic rings. The Labute approximate surface area is 114 Å². The van der Waals surface area contributed by atoms with Crippen LogP contribution in [-0.4, -0.2) is 30.9 Å². The molecule has 4 nitrogen and oxygen atoms in total. The Morgan fingerprint density at radius 3 is 2.68 bits per heavy atom. The van der Waals surface area contributed by atoms with Crippen LogP contribution < -0.4 is 5.32 Å². The topological polar surface area (TPSA) is 56.1 Å². The molecule has 0 bridgehead atoms. The number of carbonyl (C=O) groups is 1. The Morgan fingerprint density at radius 1 is 1.47 bits per heavy atom. The molecule has 1 atom stereocenters. The van der Waals surface area contributed by atoms with Crippen LogP contribution in [-0.2, 0) is 11.3 Å². The Morgan fingerprint density at radius 2 is 2.16 bits per heavy atom. The van der Waals surface area contributed by atoms with Gasteiger partial charge in [0, 0.05) is 20.1 Å². The maximum absolute atomic E-state index is 12.4. The van der Waals surface area contributed by atoms with Crippen LogP contribution in [0.3, 0.4) is 0 Å². The van der Waals surface area contributed by atoms with Gasteiger partial charge in [-0.3, -0.25) is 4.79 Å². The van der Waals surface area contributed by atoms with Gasteiger partial charge in [0.25, 0.3) is 0 Å². The minimum Gasteiger partial charge on any atom is -0.341 e. The van der Waals surface area contributed by atoms with Gasteiger partial charge in [-0.2, -0.15) is 5.26 Å². The first-order valence-electron chi connectivity index (χ1n) is 6.50. The Bertz CT molecular complexity index is 495. The van der Waals surface area contributed by atoms with Crippen LogP contribution in [0.25, 0.3) is 0 Å². The third-order valence-corrected chi connectivity index (χ3v) is 3.73. The molecule has 2 rings (SSSR count). The predicted molar refractivity (Wildman–Crippen MR) is 73.2 cm³/mol. The average Bonchev–Trinajstić information content (AvgIpc) is 2.87. The van der Waals surface area contributed by atoms with E-state index in [0.29, 0.717) is 12.1 Å². The van der Waals surface area contributed by atoms with Crippen molar-refractivity contribution < 1.29 is 4.79 Å². The molecule has 0 aliphatic carbocycles. The molecule has 1 N–H and O–H groups in total. The van der Waals surface area contributed by atoms with Gasteiger partial charge in [-0.25, -0.2) is 0 Å². The SMILES string of the molecule is CN(Cc1ccc(C#N)cc1)C(=O)C1(C)CCNC1. The number of carbonyl (C=O) groups excluding carboxylic acids is 1. The summed E-state index contributed by atoms with van der Waals surface area (Å²) in [6.07, 6.45) is 0.892. The highest BCUT2D eigenvalue weighted by molar-refractivity contribution is 5.82. The normalized spacial score (nSPS) is 21.9. The maximum atomic E-state index is 12.4. The van der Waals surface area contributed by atoms with Crippen molar-refractivity contribution >= 4 is 5.91 Å². The molecule has 19 heavy (non-hydrogen) atoms. The van der Waals surface area contributed by atoms with Gasteiger partial charge < -0.3 is 10.2 Å². The van der Waals surface area contributed by atoms with Gasteiger partial charge >= 0.3 is 0 Å². The standard InChI is InChI=1S/C15H19N3O/c1-15(7-8-17-11-15)14(19)18(2)10-13-5-3-12(9-16)4-6-13/h3-6,17H,7-8,10-11H2,1-2H3. The predicted octanol–water partition coefficient (Wildman–Crippen LogP) is 1.52. The van der Waals surface area contributed by atoms with Crippen molar-refractivity contribution in [3.8, 4) is 6.07 Å². The fraction of sp³-hybridized carbons (Fsp3) is 0.467. The Kier molecular flexibility index (Phi) is 3.87. The lowest BCUT2D eigenvalue weighted by molar-refractivity contribution is -0.139. The molecule has 100 valence electrons. The summed E-state index contributed by atoms with van der Waals surface area (Å²) in [5, 5.41) is 12.0. The summed E-state index contributed by atoms with van der Waals surface area (Å²) in [4.78, 5) is 14.2. The zero-order chi connectivity index (χ0) is 13.9. The summed E-state index contributed by atoms with van der Waals surface area (Å²) in [5.41, 5.74) is 1.41. The van der Waals surface area contributed by atoms with Gasteiger partial charge in [0.15, 0.2) is 0 Å². The average molecular weight is 257 g/mol. The number of hydrogen-bond acceptors (Lipinski definition) is 3. The fourth-order valence-electron chi connectivity index (χ4n) is 2.49.